The van der Waals surface area contributed by atoms with E-state index in [2.05, 4.69) is 11.0 Å². The van der Waals surface area contributed by atoms with Gasteiger partial charge >= 0.3 is 0 Å². The zero-order chi connectivity index (χ0) is 24.7. The number of aromatic nitrogens is 2. The third-order valence-corrected chi connectivity index (χ3v) is 6.58. The highest BCUT2D eigenvalue weighted by Crippen LogP contribution is 2.28. The molecule has 1 aromatic heterocycles. The zero-order valence-corrected chi connectivity index (χ0v) is 20.7. The second-order valence-corrected chi connectivity index (χ2v) is 9.06. The summed E-state index contributed by atoms with van der Waals surface area (Å²) in [4.78, 5) is 27.0. The Morgan fingerprint density at radius 3 is 2.61 bits per heavy atom. The van der Waals surface area contributed by atoms with E-state index in [4.69, 9.17) is 24.2 Å². The van der Waals surface area contributed by atoms with Gasteiger partial charge < -0.3 is 24.0 Å². The minimum atomic E-state index is -0.00929. The Bertz CT molecular complexity index is 1180. The summed E-state index contributed by atoms with van der Waals surface area (Å²) in [5, 5.41) is 0. The number of hydrogen-bond donors (Lipinski definition) is 0. The number of benzene rings is 2. The molecule has 1 amide bonds. The molecule has 1 fully saturated rings. The molecule has 8 nitrogen and oxygen atoms in total. The molecule has 5 rings (SSSR count). The van der Waals surface area contributed by atoms with Gasteiger partial charge in [-0.25, -0.2) is 9.97 Å². The van der Waals surface area contributed by atoms with E-state index >= 15 is 0 Å². The number of morpholine rings is 1. The van der Waals surface area contributed by atoms with Crippen LogP contribution in [0.2, 0.25) is 0 Å². The minimum Gasteiger partial charge on any atom is -0.497 e. The third kappa shape index (κ3) is 5.83. The molecule has 36 heavy (non-hydrogen) atoms. The maximum Gasteiger partial charge on any atom is 0.248 e. The Balaban J connectivity index is 1.33. The van der Waals surface area contributed by atoms with Crippen molar-refractivity contribution in [3.8, 4) is 5.75 Å². The second kappa shape index (κ2) is 11.5. The molecule has 1 saturated heterocycles. The summed E-state index contributed by atoms with van der Waals surface area (Å²) in [6.45, 7) is 4.48. The van der Waals surface area contributed by atoms with Gasteiger partial charge in [0.25, 0.3) is 0 Å². The quantitative estimate of drug-likeness (QED) is 0.482. The van der Waals surface area contributed by atoms with Crippen LogP contribution < -0.4 is 9.64 Å². The van der Waals surface area contributed by atoms with Gasteiger partial charge in [0, 0.05) is 38.0 Å². The Labute approximate surface area is 211 Å². The minimum absolute atomic E-state index is 0.00929. The van der Waals surface area contributed by atoms with Crippen molar-refractivity contribution in [3.63, 3.8) is 0 Å². The zero-order valence-electron chi connectivity index (χ0n) is 20.7. The molecule has 0 radical (unpaired) electrons. The fourth-order valence-electron chi connectivity index (χ4n) is 4.66. The van der Waals surface area contributed by atoms with Gasteiger partial charge in [-0.1, -0.05) is 42.5 Å². The van der Waals surface area contributed by atoms with Crippen molar-refractivity contribution >= 4 is 11.7 Å². The monoisotopic (exact) mass is 488 g/mol. The van der Waals surface area contributed by atoms with Crippen LogP contribution in [0.4, 0.5) is 5.82 Å². The lowest BCUT2D eigenvalue weighted by atomic mass is 10.0. The maximum atomic E-state index is 13.0. The number of fused-ring (bicyclic) bond motifs is 1. The van der Waals surface area contributed by atoms with E-state index in [9.17, 15) is 4.79 Å². The van der Waals surface area contributed by atoms with Gasteiger partial charge in [0.1, 0.15) is 24.0 Å². The molecule has 0 aliphatic carbocycles. The van der Waals surface area contributed by atoms with E-state index in [0.717, 1.165) is 52.9 Å². The summed E-state index contributed by atoms with van der Waals surface area (Å²) in [5.41, 5.74) is 4.22. The number of methoxy groups -OCH3 is 1. The van der Waals surface area contributed by atoms with Crippen molar-refractivity contribution < 1.29 is 19.0 Å². The normalized spacial score (nSPS) is 15.5. The van der Waals surface area contributed by atoms with Crippen LogP contribution in [0.25, 0.3) is 0 Å². The van der Waals surface area contributed by atoms with E-state index < -0.39 is 0 Å². The summed E-state index contributed by atoms with van der Waals surface area (Å²) >= 11 is 0. The fourth-order valence-corrected chi connectivity index (χ4v) is 4.66. The first-order valence-corrected chi connectivity index (χ1v) is 12.4. The van der Waals surface area contributed by atoms with Crippen LogP contribution in [-0.2, 0) is 40.3 Å². The molecule has 0 unspecified atom stereocenters. The van der Waals surface area contributed by atoms with E-state index in [1.54, 1.807) is 7.11 Å². The number of ether oxygens (including phenoxy) is 3. The molecule has 0 atom stereocenters. The molecule has 0 saturated carbocycles. The number of anilines is 1. The van der Waals surface area contributed by atoms with E-state index in [1.807, 2.05) is 53.4 Å². The summed E-state index contributed by atoms with van der Waals surface area (Å²) in [5.74, 6) is 2.52. The lowest BCUT2D eigenvalue weighted by molar-refractivity contribution is -0.137. The highest BCUT2D eigenvalue weighted by atomic mass is 16.5. The number of carbonyl (C=O) groups is 1. The summed E-state index contributed by atoms with van der Waals surface area (Å²) < 4.78 is 16.7. The lowest BCUT2D eigenvalue weighted by Gasteiger charge is -2.34. The fraction of sp³-hybridized carbons (Fsp3) is 0.393. The average Bonchev–Trinajstić information content (AvgIpc) is 2.93. The smallest absolute Gasteiger partial charge is 0.248 e. The molecule has 0 N–H and O–H groups in total. The summed E-state index contributed by atoms with van der Waals surface area (Å²) in [6.07, 6.45) is 1.32. The van der Waals surface area contributed by atoms with Gasteiger partial charge in [0.15, 0.2) is 0 Å². The molecule has 0 spiro atoms. The number of nitrogens with zero attached hydrogens (tertiary/aromatic N) is 4. The van der Waals surface area contributed by atoms with Gasteiger partial charge in [0.05, 0.1) is 39.2 Å². The number of carbonyl (C=O) groups excluding carboxylic acids is 1. The van der Waals surface area contributed by atoms with Crippen molar-refractivity contribution in [1.29, 1.82) is 0 Å². The highest BCUT2D eigenvalue weighted by molar-refractivity contribution is 5.78. The van der Waals surface area contributed by atoms with Crippen LogP contribution in [0, 0.1) is 0 Å². The lowest BCUT2D eigenvalue weighted by Crippen LogP contribution is -2.42. The van der Waals surface area contributed by atoms with Gasteiger partial charge in [0.2, 0.25) is 5.91 Å². The molecular formula is C28H32N4O4. The van der Waals surface area contributed by atoms with Gasteiger partial charge in [-0.2, -0.15) is 0 Å². The first-order valence-electron chi connectivity index (χ1n) is 12.4. The van der Waals surface area contributed by atoms with Crippen LogP contribution in [0.5, 0.6) is 5.75 Å². The summed E-state index contributed by atoms with van der Waals surface area (Å²) in [6, 6.07) is 17.9. The number of hydrogen-bond acceptors (Lipinski definition) is 7. The van der Waals surface area contributed by atoms with Crippen LogP contribution in [0.3, 0.4) is 0 Å². The molecule has 2 aliphatic heterocycles. The van der Waals surface area contributed by atoms with Gasteiger partial charge in [-0.3, -0.25) is 4.79 Å². The molecule has 2 aromatic carbocycles. The third-order valence-electron chi connectivity index (χ3n) is 6.58. The standard InChI is InChI=1S/C28H32N4O4/c1-34-23-9-5-8-22(16-23)17-26-29-25-10-11-32(27(33)20-36-19-21-6-3-2-4-7-21)18-24(25)28(30-26)31-12-14-35-15-13-31/h2-9,16H,10-15,17-20H2,1H3. The molecular weight excluding hydrogens is 456 g/mol. The van der Waals surface area contributed by atoms with E-state index in [0.29, 0.717) is 45.8 Å². The molecule has 3 aromatic rings. The van der Waals surface area contributed by atoms with E-state index in [-0.39, 0.29) is 12.5 Å². The Morgan fingerprint density at radius 2 is 1.81 bits per heavy atom. The molecule has 8 heteroatoms. The Kier molecular flexibility index (Phi) is 7.73. The van der Waals surface area contributed by atoms with Crippen LogP contribution in [-0.4, -0.2) is 67.3 Å². The number of rotatable bonds is 8. The van der Waals surface area contributed by atoms with Gasteiger partial charge in [-0.15, -0.1) is 0 Å². The molecule has 2 aliphatic rings. The SMILES string of the molecule is COc1cccc(Cc2nc3c(c(N4CCOCC4)n2)CN(C(=O)COCc2ccccc2)CC3)c1. The van der Waals surface area contributed by atoms with Crippen molar-refractivity contribution in [2.45, 2.75) is 26.0 Å². The van der Waals surface area contributed by atoms with Crippen LogP contribution in [0.1, 0.15) is 28.2 Å². The summed E-state index contributed by atoms with van der Waals surface area (Å²) in [7, 11) is 1.67. The largest absolute Gasteiger partial charge is 0.497 e. The molecule has 188 valence electrons. The molecule has 3 heterocycles. The molecule has 0 bridgehead atoms. The first kappa shape index (κ1) is 24.2. The predicted molar refractivity (Wildman–Crippen MR) is 136 cm³/mol. The van der Waals surface area contributed by atoms with Crippen molar-refractivity contribution in [1.82, 2.24) is 14.9 Å². The topological polar surface area (TPSA) is 77.0 Å². The maximum absolute atomic E-state index is 13.0. The van der Waals surface area contributed by atoms with E-state index in [1.165, 1.54) is 0 Å². The van der Waals surface area contributed by atoms with Crippen molar-refractivity contribution in [2.75, 3.05) is 51.5 Å². The number of amides is 1. The van der Waals surface area contributed by atoms with Crippen molar-refractivity contribution in [2.24, 2.45) is 0 Å². The van der Waals surface area contributed by atoms with Crippen molar-refractivity contribution in [3.05, 3.63) is 82.8 Å². The van der Waals surface area contributed by atoms with Crippen LogP contribution >= 0.6 is 0 Å². The Hall–Kier alpha value is -3.49. The second-order valence-electron chi connectivity index (χ2n) is 9.06. The Morgan fingerprint density at radius 1 is 1.00 bits per heavy atom. The van der Waals surface area contributed by atoms with Gasteiger partial charge in [-0.05, 0) is 23.3 Å². The average molecular weight is 489 g/mol. The predicted octanol–water partition coefficient (Wildman–Crippen LogP) is 3.01. The highest BCUT2D eigenvalue weighted by Gasteiger charge is 2.28. The van der Waals surface area contributed by atoms with Crippen LogP contribution in [0.15, 0.2) is 54.6 Å². The first-order chi connectivity index (χ1) is 17.7.